The molecule has 2 aromatic heterocycles. The first kappa shape index (κ1) is 27.1. The molecule has 228 valence electrons. The van der Waals surface area contributed by atoms with Crippen molar-refractivity contribution in [2.24, 2.45) is 0 Å². The lowest BCUT2D eigenvalue weighted by Crippen LogP contribution is -2.16. The van der Waals surface area contributed by atoms with Gasteiger partial charge in [0.1, 0.15) is 11.2 Å². The Labute approximate surface area is 278 Å². The average molecular weight is 617 g/mol. The highest BCUT2D eigenvalue weighted by atomic mass is 16.3. The summed E-state index contributed by atoms with van der Waals surface area (Å²) >= 11 is 0. The van der Waals surface area contributed by atoms with Crippen LogP contribution in [-0.4, -0.2) is 4.57 Å². The molecule has 0 bridgehead atoms. The summed E-state index contributed by atoms with van der Waals surface area (Å²) in [5.41, 5.74) is 14.0. The normalized spacial score (nSPS) is 13.4. The molecule has 0 saturated heterocycles. The monoisotopic (exact) mass is 616 g/mol. The van der Waals surface area contributed by atoms with Crippen molar-refractivity contribution >= 4 is 60.8 Å². The SMILES string of the molecule is CC1(C)c2ccccc2-c2ccc(N(c3ccc4oc5ccccc5c4c3)c3ccc4c(c3)c3ccccc3n4-c3ccccc3)cc21. The van der Waals surface area contributed by atoms with Crippen LogP contribution in [0, 0.1) is 0 Å². The molecule has 0 amide bonds. The smallest absolute Gasteiger partial charge is 0.135 e. The zero-order chi connectivity index (χ0) is 32.0. The van der Waals surface area contributed by atoms with Gasteiger partial charge >= 0.3 is 0 Å². The fourth-order valence-corrected chi connectivity index (χ4v) is 8.09. The first-order valence-electron chi connectivity index (χ1n) is 16.6. The van der Waals surface area contributed by atoms with Gasteiger partial charge in [0, 0.05) is 49.7 Å². The Morgan fingerprint density at radius 1 is 0.458 bits per heavy atom. The highest BCUT2D eigenvalue weighted by molar-refractivity contribution is 6.11. The third-order valence-corrected chi connectivity index (χ3v) is 10.4. The number of hydrogen-bond acceptors (Lipinski definition) is 2. The minimum Gasteiger partial charge on any atom is -0.456 e. The Hall–Kier alpha value is -6.06. The van der Waals surface area contributed by atoms with Gasteiger partial charge in [-0.2, -0.15) is 0 Å². The summed E-state index contributed by atoms with van der Waals surface area (Å²) in [6, 6.07) is 57.0. The number of furan rings is 1. The molecule has 3 heteroatoms. The van der Waals surface area contributed by atoms with Gasteiger partial charge < -0.3 is 13.9 Å². The van der Waals surface area contributed by atoms with Crippen molar-refractivity contribution in [2.45, 2.75) is 19.3 Å². The molecule has 0 atom stereocenters. The molecule has 1 aliphatic carbocycles. The molecule has 9 aromatic rings. The number of hydrogen-bond donors (Lipinski definition) is 0. The highest BCUT2D eigenvalue weighted by Gasteiger charge is 2.35. The molecule has 0 spiro atoms. The van der Waals surface area contributed by atoms with Crippen molar-refractivity contribution in [2.75, 3.05) is 4.90 Å². The van der Waals surface area contributed by atoms with Crippen molar-refractivity contribution in [3.63, 3.8) is 0 Å². The van der Waals surface area contributed by atoms with Crippen LogP contribution in [0.4, 0.5) is 17.1 Å². The van der Waals surface area contributed by atoms with Crippen molar-refractivity contribution in [3.05, 3.63) is 169 Å². The molecule has 2 heterocycles. The molecule has 1 aliphatic rings. The van der Waals surface area contributed by atoms with Gasteiger partial charge in [-0.05, 0) is 95.1 Å². The Morgan fingerprint density at radius 2 is 1.06 bits per heavy atom. The molecule has 0 aliphatic heterocycles. The van der Waals surface area contributed by atoms with Crippen LogP contribution in [0.5, 0.6) is 0 Å². The predicted molar refractivity (Wildman–Crippen MR) is 200 cm³/mol. The Morgan fingerprint density at radius 3 is 1.94 bits per heavy atom. The molecule has 7 aromatic carbocycles. The number of rotatable bonds is 4. The summed E-state index contributed by atoms with van der Waals surface area (Å²) < 4.78 is 8.62. The second-order valence-electron chi connectivity index (χ2n) is 13.4. The molecule has 0 saturated carbocycles. The van der Waals surface area contributed by atoms with Crippen LogP contribution in [-0.2, 0) is 5.41 Å². The van der Waals surface area contributed by atoms with E-state index < -0.39 is 0 Å². The van der Waals surface area contributed by atoms with Gasteiger partial charge in [0.15, 0.2) is 0 Å². The zero-order valence-corrected chi connectivity index (χ0v) is 26.8. The summed E-state index contributed by atoms with van der Waals surface area (Å²) in [4.78, 5) is 2.41. The second-order valence-corrected chi connectivity index (χ2v) is 13.4. The Kier molecular flexibility index (Phi) is 5.63. The maximum absolute atomic E-state index is 6.25. The summed E-state index contributed by atoms with van der Waals surface area (Å²) in [7, 11) is 0. The minimum absolute atomic E-state index is 0.106. The summed E-state index contributed by atoms with van der Waals surface area (Å²) in [6.45, 7) is 4.69. The number of benzene rings is 7. The molecular weight excluding hydrogens is 585 g/mol. The summed E-state index contributed by atoms with van der Waals surface area (Å²) in [5, 5.41) is 4.70. The van der Waals surface area contributed by atoms with E-state index in [1.165, 1.54) is 44.1 Å². The van der Waals surface area contributed by atoms with Crippen LogP contribution < -0.4 is 4.90 Å². The number of fused-ring (bicyclic) bond motifs is 9. The topological polar surface area (TPSA) is 21.3 Å². The lowest BCUT2D eigenvalue weighted by atomic mass is 9.82. The van der Waals surface area contributed by atoms with E-state index in [9.17, 15) is 0 Å². The van der Waals surface area contributed by atoms with Crippen LogP contribution in [0.1, 0.15) is 25.0 Å². The lowest BCUT2D eigenvalue weighted by Gasteiger charge is -2.28. The maximum Gasteiger partial charge on any atom is 0.135 e. The van der Waals surface area contributed by atoms with Crippen molar-refractivity contribution in [3.8, 4) is 16.8 Å². The molecule has 3 nitrogen and oxygen atoms in total. The van der Waals surface area contributed by atoms with Gasteiger partial charge in [-0.15, -0.1) is 0 Å². The van der Waals surface area contributed by atoms with Crippen LogP contribution in [0.3, 0.4) is 0 Å². The van der Waals surface area contributed by atoms with Crippen LogP contribution >= 0.6 is 0 Å². The molecule has 0 fully saturated rings. The average Bonchev–Trinajstić information content (AvgIpc) is 3.74. The van der Waals surface area contributed by atoms with E-state index in [1.807, 2.05) is 12.1 Å². The Balaban J connectivity index is 1.23. The van der Waals surface area contributed by atoms with E-state index >= 15 is 0 Å². The standard InChI is InChI=1S/C45H32N2O/c1-45(2)39-17-9-6-14-33(39)34-23-20-32(28-40(34)45)46(31-22-25-44-38(27-31)36-16-8-11-19-43(36)48-44)30-21-24-42-37(26-30)35-15-7-10-18-41(35)47(42)29-12-4-3-5-13-29/h3-28H,1-2H3. The molecule has 48 heavy (non-hydrogen) atoms. The fourth-order valence-electron chi connectivity index (χ4n) is 8.09. The van der Waals surface area contributed by atoms with E-state index in [0.717, 1.165) is 44.7 Å². The molecule has 0 N–H and O–H groups in total. The van der Waals surface area contributed by atoms with E-state index in [-0.39, 0.29) is 5.41 Å². The fraction of sp³-hybridized carbons (Fsp3) is 0.0667. The van der Waals surface area contributed by atoms with E-state index in [0.29, 0.717) is 0 Å². The van der Waals surface area contributed by atoms with Gasteiger partial charge in [-0.3, -0.25) is 0 Å². The zero-order valence-electron chi connectivity index (χ0n) is 26.8. The van der Waals surface area contributed by atoms with Crippen molar-refractivity contribution in [1.29, 1.82) is 0 Å². The first-order valence-corrected chi connectivity index (χ1v) is 16.6. The second kappa shape index (κ2) is 9.97. The number of anilines is 3. The molecular formula is C45H32N2O. The van der Waals surface area contributed by atoms with Gasteiger partial charge in [-0.1, -0.05) is 98.8 Å². The number of nitrogens with zero attached hydrogens (tertiary/aromatic N) is 2. The van der Waals surface area contributed by atoms with Gasteiger partial charge in [0.2, 0.25) is 0 Å². The van der Waals surface area contributed by atoms with E-state index in [1.54, 1.807) is 0 Å². The maximum atomic E-state index is 6.25. The van der Waals surface area contributed by atoms with Crippen LogP contribution in [0.15, 0.2) is 162 Å². The van der Waals surface area contributed by atoms with Crippen LogP contribution in [0.2, 0.25) is 0 Å². The predicted octanol–water partition coefficient (Wildman–Crippen LogP) is 12.5. The summed E-state index contributed by atoms with van der Waals surface area (Å²) in [5.74, 6) is 0. The van der Waals surface area contributed by atoms with E-state index in [4.69, 9.17) is 4.42 Å². The number of para-hydroxylation sites is 3. The third-order valence-electron chi connectivity index (χ3n) is 10.4. The molecule has 0 radical (unpaired) electrons. The first-order chi connectivity index (χ1) is 23.6. The molecule has 0 unspecified atom stereocenters. The highest BCUT2D eigenvalue weighted by Crippen LogP contribution is 2.51. The largest absolute Gasteiger partial charge is 0.456 e. The van der Waals surface area contributed by atoms with Gasteiger partial charge in [0.25, 0.3) is 0 Å². The lowest BCUT2D eigenvalue weighted by molar-refractivity contribution is 0.660. The minimum atomic E-state index is -0.106. The van der Waals surface area contributed by atoms with Crippen molar-refractivity contribution < 1.29 is 4.42 Å². The van der Waals surface area contributed by atoms with E-state index in [2.05, 4.69) is 169 Å². The molecule has 10 rings (SSSR count). The van der Waals surface area contributed by atoms with Gasteiger partial charge in [0.05, 0.1) is 11.0 Å². The van der Waals surface area contributed by atoms with Gasteiger partial charge in [-0.25, -0.2) is 0 Å². The summed E-state index contributed by atoms with van der Waals surface area (Å²) in [6.07, 6.45) is 0. The van der Waals surface area contributed by atoms with Crippen molar-refractivity contribution in [1.82, 2.24) is 4.57 Å². The van der Waals surface area contributed by atoms with Crippen LogP contribution in [0.25, 0.3) is 60.6 Å². The third kappa shape index (κ3) is 3.82. The Bertz CT molecular complexity index is 2710. The number of aromatic nitrogens is 1. The quantitative estimate of drug-likeness (QED) is 0.196.